The van der Waals surface area contributed by atoms with Crippen LogP contribution in [0.15, 0.2) is 60.3 Å². The molecule has 1 fully saturated rings. The minimum absolute atomic E-state index is 0.288. The third-order valence-electron chi connectivity index (χ3n) is 5.75. The van der Waals surface area contributed by atoms with Gasteiger partial charge in [0.25, 0.3) is 0 Å². The lowest BCUT2D eigenvalue weighted by Crippen LogP contribution is -2.11. The first kappa shape index (κ1) is 24.6. The van der Waals surface area contributed by atoms with Gasteiger partial charge in [0.15, 0.2) is 0 Å². The van der Waals surface area contributed by atoms with Gasteiger partial charge in [-0.2, -0.15) is 0 Å². The quantitative estimate of drug-likeness (QED) is 0.248. The third-order valence-corrected chi connectivity index (χ3v) is 7.28. The van der Waals surface area contributed by atoms with Gasteiger partial charge in [-0.3, -0.25) is 4.98 Å². The van der Waals surface area contributed by atoms with Crippen molar-refractivity contribution in [2.75, 3.05) is 26.5 Å². The van der Waals surface area contributed by atoms with Gasteiger partial charge in [-0.25, -0.2) is 4.98 Å². The molecule has 5 nitrogen and oxygen atoms in total. The van der Waals surface area contributed by atoms with Gasteiger partial charge < -0.3 is 14.4 Å². The number of rotatable bonds is 9. The molecule has 1 unspecified atom stereocenters. The Kier molecular flexibility index (Phi) is 8.14. The molecule has 178 valence electrons. The molecule has 1 atom stereocenters. The number of ether oxygens (including phenoxy) is 2. The predicted molar refractivity (Wildman–Crippen MR) is 142 cm³/mol. The smallest absolute Gasteiger partial charge is 0.146 e. The summed E-state index contributed by atoms with van der Waals surface area (Å²) in [5.41, 5.74) is 4.84. The maximum Gasteiger partial charge on any atom is 0.146 e. The number of para-hydroxylation sites is 1. The Bertz CT molecular complexity index is 1210. The van der Waals surface area contributed by atoms with Gasteiger partial charge >= 0.3 is 0 Å². The van der Waals surface area contributed by atoms with E-state index in [0.29, 0.717) is 11.6 Å². The second kappa shape index (κ2) is 11.3. The van der Waals surface area contributed by atoms with E-state index < -0.39 is 0 Å². The van der Waals surface area contributed by atoms with Crippen molar-refractivity contribution in [3.63, 3.8) is 0 Å². The molecule has 7 heteroatoms. The Balaban J connectivity index is 1.64. The average molecular weight is 496 g/mol. The van der Waals surface area contributed by atoms with Gasteiger partial charge in [-0.1, -0.05) is 36.4 Å². The fourth-order valence-corrected chi connectivity index (χ4v) is 5.46. The zero-order valence-corrected chi connectivity index (χ0v) is 21.5. The first-order valence-electron chi connectivity index (χ1n) is 11.4. The Labute approximate surface area is 210 Å². The van der Waals surface area contributed by atoms with Gasteiger partial charge in [0.2, 0.25) is 0 Å². The van der Waals surface area contributed by atoms with Crippen LogP contribution < -0.4 is 4.74 Å². The first-order valence-corrected chi connectivity index (χ1v) is 12.7. The lowest BCUT2D eigenvalue weighted by molar-refractivity contribution is 0.129. The minimum Gasteiger partial charge on any atom is -0.487 e. The van der Waals surface area contributed by atoms with Gasteiger partial charge in [0.1, 0.15) is 17.9 Å². The van der Waals surface area contributed by atoms with Crippen molar-refractivity contribution in [1.29, 1.82) is 0 Å². The highest BCUT2D eigenvalue weighted by Crippen LogP contribution is 2.34. The van der Waals surface area contributed by atoms with E-state index in [1.165, 1.54) is 0 Å². The second-order valence-corrected chi connectivity index (χ2v) is 9.95. The largest absolute Gasteiger partial charge is 0.487 e. The van der Waals surface area contributed by atoms with Gasteiger partial charge in [-0.15, -0.1) is 11.8 Å². The van der Waals surface area contributed by atoms with Crippen molar-refractivity contribution >= 4 is 40.0 Å². The van der Waals surface area contributed by atoms with Crippen LogP contribution in [0.5, 0.6) is 5.75 Å². The number of aromatic nitrogens is 2. The van der Waals surface area contributed by atoms with E-state index in [2.05, 4.69) is 28.6 Å². The molecule has 1 saturated heterocycles. The topological polar surface area (TPSA) is 47.5 Å². The van der Waals surface area contributed by atoms with Crippen LogP contribution in [0.1, 0.15) is 29.7 Å². The van der Waals surface area contributed by atoms with Crippen molar-refractivity contribution in [2.24, 2.45) is 0 Å². The number of halogens is 1. The highest BCUT2D eigenvalue weighted by Gasteiger charge is 2.18. The standard InChI is InChI=1S/C27H30ClN3O2S/c1-5-8-24(31(3)4)21-13-18(2)30-27-20(21)10-6-11-25(27)33-16-22-23(28)14-29-15-26(22)34-17-19-9-7-12-32-19/h5-6,8,10-11,13-15,19H,1,7,9,12,16-17H2,2-4H3/b24-8-. The van der Waals surface area contributed by atoms with E-state index in [1.54, 1.807) is 24.0 Å². The van der Waals surface area contributed by atoms with Crippen molar-refractivity contribution < 1.29 is 9.47 Å². The molecule has 0 bridgehead atoms. The molecule has 4 rings (SSSR count). The summed E-state index contributed by atoms with van der Waals surface area (Å²) < 4.78 is 12.1. The Hall–Kier alpha value is -2.54. The maximum atomic E-state index is 6.55. The normalized spacial score (nSPS) is 16.1. The van der Waals surface area contributed by atoms with Gasteiger partial charge in [-0.05, 0) is 38.0 Å². The summed E-state index contributed by atoms with van der Waals surface area (Å²) in [5, 5.41) is 1.63. The molecule has 0 amide bonds. The Morgan fingerprint density at radius 2 is 2.21 bits per heavy atom. The number of aryl methyl sites for hydroxylation is 1. The zero-order valence-electron chi connectivity index (χ0n) is 19.9. The van der Waals surface area contributed by atoms with E-state index in [0.717, 1.165) is 69.3 Å². The van der Waals surface area contributed by atoms with Crippen LogP contribution >= 0.6 is 23.4 Å². The number of thioether (sulfide) groups is 1. The molecule has 3 aromatic rings. The second-order valence-electron chi connectivity index (χ2n) is 8.48. The number of allylic oxidation sites excluding steroid dienone is 2. The van der Waals surface area contributed by atoms with Crippen molar-refractivity contribution in [1.82, 2.24) is 14.9 Å². The average Bonchev–Trinajstić information content (AvgIpc) is 3.34. The SMILES string of the molecule is C=C/C=C(/c1cc(C)nc2c(OCc3c(Cl)cncc3SCC3CCCO3)cccc12)N(C)C. The molecule has 1 aromatic carbocycles. The van der Waals surface area contributed by atoms with E-state index in [9.17, 15) is 0 Å². The number of hydrogen-bond donors (Lipinski definition) is 0. The van der Waals surface area contributed by atoms with Crippen LogP contribution in [0.25, 0.3) is 16.6 Å². The molecule has 34 heavy (non-hydrogen) atoms. The summed E-state index contributed by atoms with van der Waals surface area (Å²) in [6.07, 6.45) is 9.86. The molecule has 1 aliphatic rings. The lowest BCUT2D eigenvalue weighted by Gasteiger charge is -2.20. The molecule has 0 N–H and O–H groups in total. The van der Waals surface area contributed by atoms with E-state index in [4.69, 9.17) is 26.1 Å². The summed E-state index contributed by atoms with van der Waals surface area (Å²) in [6.45, 7) is 7.06. The Morgan fingerprint density at radius 1 is 1.35 bits per heavy atom. The lowest BCUT2D eigenvalue weighted by atomic mass is 10.0. The highest BCUT2D eigenvalue weighted by molar-refractivity contribution is 7.99. The summed E-state index contributed by atoms with van der Waals surface area (Å²) in [7, 11) is 4.05. The number of benzene rings is 1. The number of fused-ring (bicyclic) bond motifs is 1. The molecular formula is C27H30ClN3O2S. The minimum atomic E-state index is 0.288. The number of hydrogen-bond acceptors (Lipinski definition) is 6. The predicted octanol–water partition coefficient (Wildman–Crippen LogP) is 6.53. The van der Waals surface area contributed by atoms with Crippen LogP contribution in [0.4, 0.5) is 0 Å². The molecule has 0 aliphatic carbocycles. The molecular weight excluding hydrogens is 466 g/mol. The van der Waals surface area contributed by atoms with Crippen LogP contribution in [-0.4, -0.2) is 47.4 Å². The highest BCUT2D eigenvalue weighted by atomic mass is 35.5. The van der Waals surface area contributed by atoms with Crippen LogP contribution in [-0.2, 0) is 11.3 Å². The fraction of sp³-hybridized carbons (Fsp3) is 0.333. The summed E-state index contributed by atoms with van der Waals surface area (Å²) >= 11 is 8.27. The molecule has 0 spiro atoms. The summed E-state index contributed by atoms with van der Waals surface area (Å²) in [4.78, 5) is 12.2. The van der Waals surface area contributed by atoms with Crippen LogP contribution in [0, 0.1) is 6.92 Å². The van der Waals surface area contributed by atoms with Crippen LogP contribution in [0.2, 0.25) is 5.02 Å². The summed E-state index contributed by atoms with van der Waals surface area (Å²) in [5.74, 6) is 1.61. The molecule has 0 radical (unpaired) electrons. The Morgan fingerprint density at radius 3 is 2.94 bits per heavy atom. The van der Waals surface area contributed by atoms with E-state index in [1.807, 2.05) is 45.4 Å². The van der Waals surface area contributed by atoms with Crippen molar-refractivity contribution in [3.05, 3.63) is 77.2 Å². The van der Waals surface area contributed by atoms with E-state index >= 15 is 0 Å². The fourth-order valence-electron chi connectivity index (χ4n) is 4.09. The molecule has 0 saturated carbocycles. The summed E-state index contributed by atoms with van der Waals surface area (Å²) in [6, 6.07) is 8.13. The number of nitrogens with zero attached hydrogens (tertiary/aromatic N) is 3. The third kappa shape index (κ3) is 5.57. The van der Waals surface area contributed by atoms with Crippen molar-refractivity contribution in [3.8, 4) is 5.75 Å². The van der Waals surface area contributed by atoms with E-state index in [-0.39, 0.29) is 6.10 Å². The monoisotopic (exact) mass is 495 g/mol. The zero-order chi connectivity index (χ0) is 24.1. The molecule has 3 heterocycles. The molecule has 2 aromatic heterocycles. The van der Waals surface area contributed by atoms with Crippen molar-refractivity contribution in [2.45, 2.75) is 37.4 Å². The first-order chi connectivity index (χ1) is 16.5. The van der Waals surface area contributed by atoms with Crippen LogP contribution in [0.3, 0.4) is 0 Å². The van der Waals surface area contributed by atoms with Gasteiger partial charge in [0, 0.05) is 71.6 Å². The van der Waals surface area contributed by atoms with Gasteiger partial charge in [0.05, 0.1) is 11.1 Å². The maximum absolute atomic E-state index is 6.55. The number of pyridine rings is 2. The molecule has 1 aliphatic heterocycles.